The fraction of sp³-hybridized carbons (Fsp3) is 0.696. The minimum absolute atomic E-state index is 0. The predicted molar refractivity (Wildman–Crippen MR) is 527 cm³/mol. The third kappa shape index (κ3) is 31.8. The summed E-state index contributed by atoms with van der Waals surface area (Å²) in [7, 11) is 0. The Morgan fingerprint density at radius 1 is 0.246 bits per heavy atom. The molecule has 0 amide bonds. The lowest BCUT2D eigenvalue weighted by Crippen LogP contribution is -2.15. The van der Waals surface area contributed by atoms with Crippen molar-refractivity contribution in [2.24, 2.45) is 54.1 Å². The number of phenols is 5. The Hall–Kier alpha value is -7.55. The van der Waals surface area contributed by atoms with Crippen molar-refractivity contribution in [1.82, 2.24) is 0 Å². The largest absolute Gasteiger partial charge is 0.508 e. The molecule has 0 bridgehead atoms. The molecule has 0 heterocycles. The average Bonchev–Trinajstić information content (AvgIpc) is 1.71. The fourth-order valence-electron chi connectivity index (χ4n) is 20.7. The van der Waals surface area contributed by atoms with Crippen LogP contribution in [0.15, 0.2) is 66.7 Å². The van der Waals surface area contributed by atoms with E-state index in [-0.39, 0.29) is 48.3 Å². The number of rotatable bonds is 54. The Morgan fingerprint density at radius 3 is 0.954 bits per heavy atom. The molecule has 0 spiro atoms. The van der Waals surface area contributed by atoms with Crippen LogP contribution in [-0.2, 0) is 88.2 Å². The van der Waals surface area contributed by atoms with Crippen LogP contribution in [0.5, 0.6) is 28.7 Å². The zero-order valence-electron chi connectivity index (χ0n) is 80.6. The summed E-state index contributed by atoms with van der Waals surface area (Å²) >= 11 is 0. The van der Waals surface area contributed by atoms with Gasteiger partial charge in [0.1, 0.15) is 17.2 Å². The first-order chi connectivity index (χ1) is 60.8. The third-order valence-corrected chi connectivity index (χ3v) is 33.6. The number of aromatic hydroxyl groups is 5. The average molecular weight is 1800 g/mol. The highest BCUT2D eigenvalue weighted by Crippen LogP contribution is 2.57. The Bertz CT molecular complexity index is 4310. The summed E-state index contributed by atoms with van der Waals surface area (Å²) in [5.74, 6) is -2.79. The summed E-state index contributed by atoms with van der Waals surface area (Å²) in [4.78, 5) is 56.4. The molecule has 5 aromatic carbocycles. The molecule has 10 saturated carbocycles. The molecular weight excluding hydrogens is 1620 g/mol. The van der Waals surface area contributed by atoms with Crippen LogP contribution in [0.2, 0.25) is 0 Å². The van der Waals surface area contributed by atoms with E-state index in [9.17, 15) is 75.0 Å². The highest BCUT2D eigenvalue weighted by Gasteiger charge is 2.53. The van der Waals surface area contributed by atoms with E-state index in [0.717, 1.165) is 192 Å². The molecule has 0 radical (unpaired) electrons. The number of hydrogen-bond donors (Lipinski definition) is 10. The zero-order valence-corrected chi connectivity index (χ0v) is 80.6. The summed E-state index contributed by atoms with van der Waals surface area (Å²) in [6.45, 7) is 20.9. The number of phenolic OH excluding ortho intramolecular Hbond substituents is 5. The van der Waals surface area contributed by atoms with Crippen LogP contribution in [-0.4, -0.2) is 80.9 Å². The SMILES string of the molecule is C.C.CC1(CCCCc2ccc(O)cc2CCCCCC2(C(=O)O)CC2)CC1.CC1(CCCCc2cccc(O)c2CCCCCC2(C(=O)O)CC2)CC1.CC1(CCCc2c(O)cc(O)c(O)c2CCCC2(C(=O)O)CC2)CC1.Cc1cc(C)c(CCCC2(C)CC2)c(CCCC2(C(=O)O)CC2)c1C.Cc1cccc(CCCCC2(C)CC2)c1CCCCCC1(C(=O)O)CC1. The zero-order chi connectivity index (χ0) is 92.4. The molecule has 15 nitrogen and oxygen atoms in total. The molecule has 5 aromatic rings. The van der Waals surface area contributed by atoms with Crippen LogP contribution in [0.4, 0.5) is 0 Å². The van der Waals surface area contributed by atoms with Gasteiger partial charge in [0.15, 0.2) is 11.5 Å². The summed E-state index contributed by atoms with van der Waals surface area (Å²) < 4.78 is 0. The highest BCUT2D eigenvalue weighted by atomic mass is 16.4. The lowest BCUT2D eigenvalue weighted by atomic mass is 9.86. The minimum Gasteiger partial charge on any atom is -0.508 e. The van der Waals surface area contributed by atoms with E-state index in [0.29, 0.717) is 88.2 Å². The van der Waals surface area contributed by atoms with Crippen molar-refractivity contribution in [2.75, 3.05) is 0 Å². The molecule has 15 rings (SSSR count). The van der Waals surface area contributed by atoms with Gasteiger partial charge in [0, 0.05) is 17.2 Å². The summed E-state index contributed by atoms with van der Waals surface area (Å²) in [5.41, 5.74) is 19.1. The van der Waals surface area contributed by atoms with E-state index in [1.807, 2.05) is 18.2 Å². The molecule has 0 aliphatic heterocycles. The van der Waals surface area contributed by atoms with Crippen LogP contribution in [0.3, 0.4) is 0 Å². The molecule has 0 saturated heterocycles. The number of carbonyl (C=O) groups is 5. The lowest BCUT2D eigenvalue weighted by Gasteiger charge is -2.19. The highest BCUT2D eigenvalue weighted by molar-refractivity contribution is 5.79. The van der Waals surface area contributed by atoms with Crippen molar-refractivity contribution >= 4 is 29.8 Å². The van der Waals surface area contributed by atoms with Gasteiger partial charge in [-0.25, -0.2) is 0 Å². The lowest BCUT2D eigenvalue weighted by molar-refractivity contribution is -0.144. The van der Waals surface area contributed by atoms with Crippen molar-refractivity contribution < 1.29 is 75.0 Å². The fourth-order valence-corrected chi connectivity index (χ4v) is 20.7. The van der Waals surface area contributed by atoms with Gasteiger partial charge in [0.2, 0.25) is 0 Å². The molecule has 0 unspecified atom stereocenters. The van der Waals surface area contributed by atoms with E-state index >= 15 is 0 Å². The Morgan fingerprint density at radius 2 is 0.554 bits per heavy atom. The summed E-state index contributed by atoms with van der Waals surface area (Å²) in [6, 6.07) is 22.1. The first-order valence-electron chi connectivity index (χ1n) is 51.0. The maximum absolute atomic E-state index is 11.4. The summed E-state index contributed by atoms with van der Waals surface area (Å²) in [5, 5.41) is 96.8. The van der Waals surface area contributed by atoms with E-state index < -0.39 is 40.7 Å². The molecule has 724 valence electrons. The van der Waals surface area contributed by atoms with Gasteiger partial charge in [-0.3, -0.25) is 24.0 Å². The third-order valence-electron chi connectivity index (χ3n) is 33.6. The number of unbranched alkanes of at least 4 members (excludes halogenated alkanes) is 9. The van der Waals surface area contributed by atoms with Crippen molar-refractivity contribution in [3.63, 3.8) is 0 Å². The van der Waals surface area contributed by atoms with Gasteiger partial charge in [-0.05, 0) is 461 Å². The number of carboxylic acids is 5. The van der Waals surface area contributed by atoms with Gasteiger partial charge in [-0.2, -0.15) is 0 Å². The van der Waals surface area contributed by atoms with Crippen molar-refractivity contribution in [2.45, 2.75) is 456 Å². The predicted octanol–water partition coefficient (Wildman–Crippen LogP) is 29.5. The molecule has 0 atom stereocenters. The number of aryl methyl sites for hydroxylation is 7. The first kappa shape index (κ1) is 106. The second-order valence-electron chi connectivity index (χ2n) is 45.1. The van der Waals surface area contributed by atoms with Crippen molar-refractivity contribution in [3.05, 3.63) is 145 Å². The smallest absolute Gasteiger partial charge is 0.309 e. The van der Waals surface area contributed by atoms with E-state index in [2.05, 4.69) is 98.7 Å². The van der Waals surface area contributed by atoms with Gasteiger partial charge >= 0.3 is 29.8 Å². The van der Waals surface area contributed by atoms with E-state index in [1.54, 1.807) is 22.8 Å². The van der Waals surface area contributed by atoms with Crippen LogP contribution in [0.1, 0.15) is 442 Å². The van der Waals surface area contributed by atoms with Gasteiger partial charge in [0.25, 0.3) is 0 Å². The molecule has 10 fully saturated rings. The maximum atomic E-state index is 11.4. The molecule has 10 N–H and O–H groups in total. The Kier molecular flexibility index (Phi) is 38.0. The topological polar surface area (TPSA) is 288 Å². The summed E-state index contributed by atoms with van der Waals surface area (Å²) in [6.07, 6.45) is 63.5. The quantitative estimate of drug-likeness (QED) is 0.00984. The number of hydrogen-bond acceptors (Lipinski definition) is 10. The standard InChI is InChI=1S/C24H36O2.2C23H34O3.C23H34O2.C20H28O5.2CH4/c1-19-9-8-11-20(10-5-7-13-23(2)15-16-23)21(19)12-4-3-6-14-24(17-18-24)22(25)26;1-22(14-15-22)12-6-4-8-18-9-7-11-20(24)19(18)10-3-2-5-13-23(16-17-23)21(25)26;1-22(13-14-22)11-6-4-7-18-9-10-20(24)17-19(18)8-3-2-5-12-23(15-16-23)21(25)26;1-16-15-17(2)19(7-5-9-22(4)11-12-22)20(18(16)3)8-6-10-23(13-14-23)21(24)25;1-19(8-9-19)6-2-4-13-14(17(23)16(22)12-15(13)21)5-3-7-20(10-11-20)18(24)25;;/h8-9,11H,3-7,10,12-18H2,1-2H3,(H,25,26);7,9,11,24H,2-6,8,10,12-17H2,1H3,(H,25,26);9-10,17,24H,2-8,11-16H2,1H3,(H,25,26);15H,5-14H2,1-4H3,(H,24,25);12,21-23H,2-11H2,1H3,(H,24,25);2*1H4. The van der Waals surface area contributed by atoms with Gasteiger partial charge < -0.3 is 51.1 Å². The number of benzene rings is 5. The van der Waals surface area contributed by atoms with Crippen molar-refractivity contribution in [1.29, 1.82) is 0 Å². The Labute approximate surface area is 783 Å². The first-order valence-corrected chi connectivity index (χ1v) is 51.0. The van der Waals surface area contributed by atoms with Crippen molar-refractivity contribution in [3.8, 4) is 28.7 Å². The van der Waals surface area contributed by atoms with Gasteiger partial charge in [0.05, 0.1) is 27.1 Å². The molecule has 130 heavy (non-hydrogen) atoms. The monoisotopic (exact) mass is 1800 g/mol. The van der Waals surface area contributed by atoms with Crippen LogP contribution in [0, 0.1) is 81.8 Å². The molecular formula is C115H174O15. The second kappa shape index (κ2) is 46.6. The molecule has 10 aliphatic rings. The van der Waals surface area contributed by atoms with Crippen LogP contribution < -0.4 is 0 Å². The second-order valence-corrected chi connectivity index (χ2v) is 45.1. The van der Waals surface area contributed by atoms with Gasteiger partial charge in [-0.15, -0.1) is 0 Å². The van der Waals surface area contributed by atoms with Crippen LogP contribution in [0.25, 0.3) is 0 Å². The number of carboxylic acid groups (broad SMARTS) is 5. The molecule has 15 heteroatoms. The van der Waals surface area contributed by atoms with Gasteiger partial charge in [-0.1, -0.05) is 150 Å². The maximum Gasteiger partial charge on any atom is 0.309 e. The molecule has 10 aliphatic carbocycles. The normalized spacial score (nSPS) is 19.1. The number of aliphatic carboxylic acids is 5. The molecule has 0 aromatic heterocycles. The Balaban J connectivity index is 0.000000182. The van der Waals surface area contributed by atoms with E-state index in [4.69, 9.17) is 0 Å². The van der Waals surface area contributed by atoms with Crippen LogP contribution >= 0.6 is 0 Å². The van der Waals surface area contributed by atoms with E-state index in [1.165, 1.54) is 205 Å². The minimum atomic E-state index is -0.742.